The molecule has 0 aliphatic rings. The van der Waals surface area contributed by atoms with Gasteiger partial charge in [-0.25, -0.2) is 9.59 Å². The Bertz CT molecular complexity index is 820. The van der Waals surface area contributed by atoms with E-state index >= 15 is 0 Å². The fourth-order valence-electron chi connectivity index (χ4n) is 2.64. The lowest BCUT2D eigenvalue weighted by molar-refractivity contribution is -0.156. The van der Waals surface area contributed by atoms with Crippen LogP contribution >= 0.6 is 0 Å². The highest BCUT2D eigenvalue weighted by atomic mass is 16.6. The molecule has 0 saturated carbocycles. The van der Waals surface area contributed by atoms with Crippen LogP contribution in [-0.2, 0) is 20.4 Å². The van der Waals surface area contributed by atoms with Crippen LogP contribution in [-0.4, -0.2) is 11.9 Å². The van der Waals surface area contributed by atoms with Crippen LogP contribution < -0.4 is 9.47 Å². The first-order valence-electron chi connectivity index (χ1n) is 9.45. The normalized spacial score (nSPS) is 11.9. The second-order valence-corrected chi connectivity index (χ2v) is 9.24. The van der Waals surface area contributed by atoms with Gasteiger partial charge in [0.1, 0.15) is 11.5 Å². The van der Waals surface area contributed by atoms with E-state index in [4.69, 9.17) is 9.47 Å². The zero-order valence-electron chi connectivity index (χ0n) is 18.1. The van der Waals surface area contributed by atoms with E-state index in [-0.39, 0.29) is 10.8 Å². The summed E-state index contributed by atoms with van der Waals surface area (Å²) >= 11 is 0. The summed E-state index contributed by atoms with van der Waals surface area (Å²) in [5.74, 6) is -1.33. The minimum Gasteiger partial charge on any atom is -0.418 e. The predicted molar refractivity (Wildman–Crippen MR) is 111 cm³/mol. The molecule has 150 valence electrons. The van der Waals surface area contributed by atoms with Gasteiger partial charge < -0.3 is 9.47 Å². The largest absolute Gasteiger partial charge is 0.423 e. The van der Waals surface area contributed by atoms with Gasteiger partial charge in [0.05, 0.1) is 0 Å². The van der Waals surface area contributed by atoms with Crippen molar-refractivity contribution in [3.05, 3.63) is 58.7 Å². The highest BCUT2D eigenvalue weighted by Crippen LogP contribution is 2.30. The first-order valence-corrected chi connectivity index (χ1v) is 9.45. The summed E-state index contributed by atoms with van der Waals surface area (Å²) in [4.78, 5) is 24.7. The minimum atomic E-state index is -1.03. The molecule has 0 bridgehead atoms. The van der Waals surface area contributed by atoms with Crippen molar-refractivity contribution in [3.63, 3.8) is 0 Å². The van der Waals surface area contributed by atoms with E-state index in [1.54, 1.807) is 12.1 Å². The van der Waals surface area contributed by atoms with E-state index in [1.165, 1.54) is 0 Å². The molecular formula is C24H30O4. The number of hydrogen-bond acceptors (Lipinski definition) is 4. The number of aryl methyl sites for hydroxylation is 2. The Balaban J connectivity index is 2.20. The summed E-state index contributed by atoms with van der Waals surface area (Å²) in [6.07, 6.45) is 0. The van der Waals surface area contributed by atoms with Gasteiger partial charge in [-0.3, -0.25) is 0 Å². The second-order valence-electron chi connectivity index (χ2n) is 9.24. The summed E-state index contributed by atoms with van der Waals surface area (Å²) < 4.78 is 10.7. The van der Waals surface area contributed by atoms with E-state index in [9.17, 15) is 9.59 Å². The molecule has 28 heavy (non-hydrogen) atoms. The molecule has 2 aromatic carbocycles. The fourth-order valence-corrected chi connectivity index (χ4v) is 2.64. The Labute approximate surface area is 167 Å². The number of carbonyl (C=O) groups is 2. The molecule has 0 spiro atoms. The lowest BCUT2D eigenvalue weighted by Gasteiger charge is -2.21. The van der Waals surface area contributed by atoms with Crippen LogP contribution in [0.1, 0.15) is 63.8 Å². The first-order chi connectivity index (χ1) is 12.8. The van der Waals surface area contributed by atoms with Gasteiger partial charge in [-0.2, -0.15) is 0 Å². The van der Waals surface area contributed by atoms with Crippen molar-refractivity contribution in [1.29, 1.82) is 0 Å². The number of esters is 2. The predicted octanol–water partition coefficient (Wildman–Crippen LogP) is 5.41. The molecule has 0 saturated heterocycles. The number of rotatable bonds is 2. The number of benzene rings is 2. The number of ether oxygens (including phenoxy) is 2. The zero-order valence-corrected chi connectivity index (χ0v) is 18.1. The van der Waals surface area contributed by atoms with Crippen molar-refractivity contribution in [3.8, 4) is 11.5 Å². The first kappa shape index (κ1) is 21.7. The summed E-state index contributed by atoms with van der Waals surface area (Å²) in [5.41, 5.74) is 3.39. The molecule has 0 aromatic heterocycles. The molecule has 0 heterocycles. The molecule has 0 fully saturated rings. The lowest BCUT2D eigenvalue weighted by atomic mass is 9.86. The maximum absolute atomic E-state index is 12.3. The Morgan fingerprint density at radius 1 is 0.643 bits per heavy atom. The average molecular weight is 383 g/mol. The Morgan fingerprint density at radius 2 is 0.964 bits per heavy atom. The third-order valence-corrected chi connectivity index (χ3v) is 4.68. The summed E-state index contributed by atoms with van der Waals surface area (Å²) in [5, 5.41) is 0. The van der Waals surface area contributed by atoms with Crippen LogP contribution in [0.2, 0.25) is 0 Å². The molecule has 2 rings (SSSR count). The van der Waals surface area contributed by atoms with Crippen molar-refractivity contribution < 1.29 is 19.1 Å². The average Bonchev–Trinajstić information content (AvgIpc) is 2.56. The number of hydrogen-bond donors (Lipinski definition) is 0. The third kappa shape index (κ3) is 5.22. The highest BCUT2D eigenvalue weighted by Gasteiger charge is 2.24. The highest BCUT2D eigenvalue weighted by molar-refractivity contribution is 6.31. The standard InChI is InChI=1S/C24H30O4/c1-15-9-11-17(23(3,4)5)13-19(15)27-21(25)22(26)28-20-14-18(24(6,7)8)12-10-16(20)2/h9-14H,1-8H3. The maximum atomic E-state index is 12.3. The van der Waals surface area contributed by atoms with Gasteiger partial charge in [0.2, 0.25) is 0 Å². The maximum Gasteiger partial charge on any atom is 0.423 e. The van der Waals surface area contributed by atoms with Crippen molar-refractivity contribution in [1.82, 2.24) is 0 Å². The summed E-state index contributed by atoms with van der Waals surface area (Å²) in [6, 6.07) is 11.3. The van der Waals surface area contributed by atoms with Gasteiger partial charge in [-0.15, -0.1) is 0 Å². The molecule has 0 radical (unpaired) electrons. The molecule has 4 heteroatoms. The van der Waals surface area contributed by atoms with E-state index in [0.29, 0.717) is 11.5 Å². The van der Waals surface area contributed by atoms with E-state index < -0.39 is 11.9 Å². The van der Waals surface area contributed by atoms with Crippen LogP contribution in [0, 0.1) is 13.8 Å². The lowest BCUT2D eigenvalue weighted by Crippen LogP contribution is -2.26. The van der Waals surface area contributed by atoms with Gasteiger partial charge in [0, 0.05) is 0 Å². The Morgan fingerprint density at radius 3 is 1.25 bits per heavy atom. The van der Waals surface area contributed by atoms with Crippen LogP contribution in [0.15, 0.2) is 36.4 Å². The molecular weight excluding hydrogens is 352 g/mol. The number of carbonyl (C=O) groups excluding carboxylic acids is 2. The van der Waals surface area contributed by atoms with Crippen LogP contribution in [0.3, 0.4) is 0 Å². The third-order valence-electron chi connectivity index (χ3n) is 4.68. The molecule has 4 nitrogen and oxygen atoms in total. The second kappa shape index (κ2) is 7.78. The summed E-state index contributed by atoms with van der Waals surface area (Å²) in [6.45, 7) is 16.1. The van der Waals surface area contributed by atoms with Gasteiger partial charge in [0.25, 0.3) is 0 Å². The summed E-state index contributed by atoms with van der Waals surface area (Å²) in [7, 11) is 0. The monoisotopic (exact) mass is 382 g/mol. The van der Waals surface area contributed by atoms with E-state index in [0.717, 1.165) is 22.3 Å². The molecule has 2 aromatic rings. The van der Waals surface area contributed by atoms with Crippen LogP contribution in [0.25, 0.3) is 0 Å². The quantitative estimate of drug-likeness (QED) is 0.396. The molecule has 0 aliphatic heterocycles. The van der Waals surface area contributed by atoms with Gasteiger partial charge in [0.15, 0.2) is 0 Å². The molecule has 0 atom stereocenters. The van der Waals surface area contributed by atoms with Crippen LogP contribution in [0.4, 0.5) is 0 Å². The van der Waals surface area contributed by atoms with Crippen LogP contribution in [0.5, 0.6) is 11.5 Å². The minimum absolute atomic E-state index is 0.0973. The SMILES string of the molecule is Cc1ccc(C(C)(C)C)cc1OC(=O)C(=O)Oc1cc(C(C)(C)C)ccc1C. The Kier molecular flexibility index (Phi) is 6.03. The van der Waals surface area contributed by atoms with Crippen molar-refractivity contribution >= 4 is 11.9 Å². The smallest absolute Gasteiger partial charge is 0.418 e. The zero-order chi connectivity index (χ0) is 21.3. The molecule has 0 unspecified atom stereocenters. The van der Waals surface area contributed by atoms with Gasteiger partial charge in [-0.1, -0.05) is 65.8 Å². The fraction of sp³-hybridized carbons (Fsp3) is 0.417. The van der Waals surface area contributed by atoms with Crippen molar-refractivity contribution in [2.24, 2.45) is 0 Å². The molecule has 0 N–H and O–H groups in total. The van der Waals surface area contributed by atoms with E-state index in [1.807, 2.05) is 38.1 Å². The van der Waals surface area contributed by atoms with Crippen molar-refractivity contribution in [2.45, 2.75) is 66.2 Å². The topological polar surface area (TPSA) is 52.6 Å². The van der Waals surface area contributed by atoms with Gasteiger partial charge in [-0.05, 0) is 59.1 Å². The molecule has 0 aliphatic carbocycles. The molecule has 0 amide bonds. The van der Waals surface area contributed by atoms with E-state index in [2.05, 4.69) is 41.5 Å². The Hall–Kier alpha value is -2.62. The van der Waals surface area contributed by atoms with Gasteiger partial charge >= 0.3 is 11.9 Å². The van der Waals surface area contributed by atoms with Crippen molar-refractivity contribution in [2.75, 3.05) is 0 Å².